The van der Waals surface area contributed by atoms with Gasteiger partial charge in [0.2, 0.25) is 0 Å². The zero-order valence-corrected chi connectivity index (χ0v) is 9.28. The summed E-state index contributed by atoms with van der Waals surface area (Å²) >= 11 is 1.51. The molecular weight excluding hydrogens is 220 g/mol. The molecule has 2 aliphatic rings. The van der Waals surface area contributed by atoms with Gasteiger partial charge < -0.3 is 10.5 Å². The van der Waals surface area contributed by atoms with Gasteiger partial charge in [0.15, 0.2) is 0 Å². The normalized spacial score (nSPS) is 22.2. The molecule has 1 unspecified atom stereocenters. The van der Waals surface area contributed by atoms with Gasteiger partial charge in [-0.3, -0.25) is 4.99 Å². The Kier molecular flexibility index (Phi) is 2.31. The van der Waals surface area contributed by atoms with Crippen LogP contribution in [0.3, 0.4) is 0 Å². The second-order valence-corrected chi connectivity index (χ2v) is 4.49. The Labute approximate surface area is 97.7 Å². The highest BCUT2D eigenvalue weighted by molar-refractivity contribution is 8.02. The van der Waals surface area contributed by atoms with E-state index in [4.69, 9.17) is 10.5 Å². The fourth-order valence-electron chi connectivity index (χ4n) is 1.72. The molecule has 2 N–H and O–H groups in total. The predicted octanol–water partition coefficient (Wildman–Crippen LogP) is 2.25. The number of nitrogens with zero attached hydrogens (tertiary/aromatic N) is 1. The lowest BCUT2D eigenvalue weighted by Gasteiger charge is -2.15. The first-order valence-corrected chi connectivity index (χ1v) is 5.91. The molecule has 1 aromatic rings. The van der Waals surface area contributed by atoms with Gasteiger partial charge >= 0.3 is 0 Å². The minimum Gasteiger partial charge on any atom is -0.464 e. The van der Waals surface area contributed by atoms with Gasteiger partial charge in [-0.25, -0.2) is 0 Å². The van der Waals surface area contributed by atoms with Crippen LogP contribution in [0.5, 0.6) is 5.75 Å². The molecule has 0 saturated heterocycles. The maximum absolute atomic E-state index is 5.82. The van der Waals surface area contributed by atoms with Gasteiger partial charge in [-0.05, 0) is 23.6 Å². The van der Waals surface area contributed by atoms with E-state index < -0.39 is 0 Å². The van der Waals surface area contributed by atoms with Crippen molar-refractivity contribution >= 4 is 17.5 Å². The summed E-state index contributed by atoms with van der Waals surface area (Å²) < 4.78 is 5.52. The van der Waals surface area contributed by atoms with Crippen LogP contribution in [0.15, 0.2) is 52.6 Å². The lowest BCUT2D eigenvalue weighted by atomic mass is 10.0. The highest BCUT2D eigenvalue weighted by Crippen LogP contribution is 2.30. The molecule has 0 fully saturated rings. The molecule has 2 aliphatic heterocycles. The van der Waals surface area contributed by atoms with Crippen LogP contribution in [0.2, 0.25) is 0 Å². The maximum Gasteiger partial charge on any atom is 0.149 e. The maximum atomic E-state index is 5.82. The summed E-state index contributed by atoms with van der Waals surface area (Å²) in [5.74, 6) is 0.819. The van der Waals surface area contributed by atoms with Crippen LogP contribution >= 0.6 is 11.8 Å². The lowest BCUT2D eigenvalue weighted by Crippen LogP contribution is -2.19. The molecule has 2 heterocycles. The van der Waals surface area contributed by atoms with E-state index in [1.165, 1.54) is 11.8 Å². The van der Waals surface area contributed by atoms with E-state index in [0.717, 1.165) is 22.6 Å². The number of aliphatic imine (C=N–C) groups is 1. The minimum absolute atomic E-state index is 0.224. The quantitative estimate of drug-likeness (QED) is 0.743. The van der Waals surface area contributed by atoms with Crippen molar-refractivity contribution in [3.05, 3.63) is 53.1 Å². The van der Waals surface area contributed by atoms with E-state index in [9.17, 15) is 0 Å². The van der Waals surface area contributed by atoms with Crippen LogP contribution < -0.4 is 10.5 Å². The van der Waals surface area contributed by atoms with Gasteiger partial charge in [-0.1, -0.05) is 23.9 Å². The van der Waals surface area contributed by atoms with E-state index in [1.54, 1.807) is 6.26 Å². The SMILES string of the molecule is NC1N=C2C(=CS1)C=COc1ccccc12. The molecular formula is C12H10N2OS. The van der Waals surface area contributed by atoms with E-state index in [-0.39, 0.29) is 5.50 Å². The second-order valence-electron chi connectivity index (χ2n) is 3.49. The Hall–Kier alpha value is -1.52. The third kappa shape index (κ3) is 1.56. The number of ether oxygens (including phenoxy) is 1. The van der Waals surface area contributed by atoms with Crippen molar-refractivity contribution in [2.24, 2.45) is 10.7 Å². The summed E-state index contributed by atoms with van der Waals surface area (Å²) in [7, 11) is 0. The molecule has 0 aliphatic carbocycles. The van der Waals surface area contributed by atoms with Crippen LogP contribution in [-0.2, 0) is 0 Å². The van der Waals surface area contributed by atoms with Crippen molar-refractivity contribution in [2.75, 3.05) is 0 Å². The van der Waals surface area contributed by atoms with Crippen molar-refractivity contribution in [1.29, 1.82) is 0 Å². The van der Waals surface area contributed by atoms with Gasteiger partial charge in [0.1, 0.15) is 11.2 Å². The first kappa shape index (κ1) is 9.69. The third-order valence-corrected chi connectivity index (χ3v) is 3.22. The van der Waals surface area contributed by atoms with E-state index in [0.29, 0.717) is 0 Å². The number of benzene rings is 1. The molecule has 1 aromatic carbocycles. The topological polar surface area (TPSA) is 47.6 Å². The monoisotopic (exact) mass is 230 g/mol. The molecule has 16 heavy (non-hydrogen) atoms. The van der Waals surface area contributed by atoms with Crippen LogP contribution in [0.4, 0.5) is 0 Å². The number of fused-ring (bicyclic) bond motifs is 3. The van der Waals surface area contributed by atoms with Crippen molar-refractivity contribution < 1.29 is 4.74 Å². The molecule has 1 atom stereocenters. The number of hydrogen-bond acceptors (Lipinski definition) is 4. The molecule has 0 spiro atoms. The van der Waals surface area contributed by atoms with Crippen molar-refractivity contribution in [3.8, 4) is 5.75 Å². The van der Waals surface area contributed by atoms with E-state index >= 15 is 0 Å². The molecule has 0 saturated carbocycles. The van der Waals surface area contributed by atoms with Crippen LogP contribution in [0, 0.1) is 0 Å². The highest BCUT2D eigenvalue weighted by atomic mass is 32.2. The lowest BCUT2D eigenvalue weighted by molar-refractivity contribution is 0.481. The number of thioether (sulfide) groups is 1. The number of hydrogen-bond donors (Lipinski definition) is 1. The molecule has 80 valence electrons. The summed E-state index contributed by atoms with van der Waals surface area (Å²) in [5, 5.41) is 2.02. The zero-order valence-electron chi connectivity index (χ0n) is 8.46. The standard InChI is InChI=1S/C12H10N2OS/c13-12-14-11-8(7-16-12)5-6-15-10-4-2-1-3-9(10)11/h1-7,12H,13H2. The van der Waals surface area contributed by atoms with E-state index in [2.05, 4.69) is 4.99 Å². The fraction of sp³-hybridized carbons (Fsp3) is 0.0833. The molecule has 0 amide bonds. The van der Waals surface area contributed by atoms with Crippen LogP contribution in [0.25, 0.3) is 0 Å². The molecule has 0 aromatic heterocycles. The average molecular weight is 230 g/mol. The first-order valence-electron chi connectivity index (χ1n) is 4.96. The summed E-state index contributed by atoms with van der Waals surface area (Å²) in [5.41, 5.74) is 8.55. The zero-order chi connectivity index (χ0) is 11.0. The smallest absolute Gasteiger partial charge is 0.149 e. The fourth-order valence-corrected chi connectivity index (χ4v) is 2.36. The Balaban J connectivity index is 2.20. The Morgan fingerprint density at radius 2 is 2.19 bits per heavy atom. The average Bonchev–Trinajstić information content (AvgIpc) is 2.48. The van der Waals surface area contributed by atoms with E-state index in [1.807, 2.05) is 35.7 Å². The van der Waals surface area contributed by atoms with Gasteiger partial charge in [0, 0.05) is 11.1 Å². The Morgan fingerprint density at radius 3 is 3.12 bits per heavy atom. The van der Waals surface area contributed by atoms with Crippen molar-refractivity contribution in [3.63, 3.8) is 0 Å². The third-order valence-electron chi connectivity index (χ3n) is 2.45. The minimum atomic E-state index is -0.224. The Morgan fingerprint density at radius 1 is 1.31 bits per heavy atom. The highest BCUT2D eigenvalue weighted by Gasteiger charge is 2.20. The van der Waals surface area contributed by atoms with Crippen molar-refractivity contribution in [2.45, 2.75) is 5.50 Å². The number of rotatable bonds is 0. The molecule has 4 heteroatoms. The molecule has 3 rings (SSSR count). The molecule has 0 radical (unpaired) electrons. The summed E-state index contributed by atoms with van der Waals surface area (Å²) in [6, 6.07) is 7.84. The van der Waals surface area contributed by atoms with Gasteiger partial charge in [-0.2, -0.15) is 0 Å². The summed E-state index contributed by atoms with van der Waals surface area (Å²) in [6.07, 6.45) is 3.60. The Bertz CT molecular complexity index is 520. The van der Waals surface area contributed by atoms with Crippen LogP contribution in [-0.4, -0.2) is 11.2 Å². The van der Waals surface area contributed by atoms with Gasteiger partial charge in [0.05, 0.1) is 12.0 Å². The predicted molar refractivity (Wildman–Crippen MR) is 66.4 cm³/mol. The van der Waals surface area contributed by atoms with Crippen molar-refractivity contribution in [1.82, 2.24) is 0 Å². The van der Waals surface area contributed by atoms with Gasteiger partial charge in [0.25, 0.3) is 0 Å². The second kappa shape index (κ2) is 3.81. The van der Waals surface area contributed by atoms with Gasteiger partial charge in [-0.15, -0.1) is 0 Å². The number of allylic oxidation sites excluding steroid dienone is 2. The van der Waals surface area contributed by atoms with Crippen LogP contribution in [0.1, 0.15) is 5.56 Å². The number of para-hydroxylation sites is 1. The largest absolute Gasteiger partial charge is 0.464 e. The summed E-state index contributed by atoms with van der Waals surface area (Å²) in [6.45, 7) is 0. The molecule has 3 nitrogen and oxygen atoms in total. The number of nitrogens with two attached hydrogens (primary N) is 1. The molecule has 0 bridgehead atoms. The first-order chi connectivity index (χ1) is 7.84. The summed E-state index contributed by atoms with van der Waals surface area (Å²) in [4.78, 5) is 4.46.